The number of nitrogens with zero attached hydrogens (tertiary/aromatic N) is 4. The molecule has 0 bridgehead atoms. The molecule has 0 saturated carbocycles. The van der Waals surface area contributed by atoms with Crippen LogP contribution in [0.5, 0.6) is 0 Å². The van der Waals surface area contributed by atoms with E-state index in [0.29, 0.717) is 11.0 Å². The van der Waals surface area contributed by atoms with Crippen LogP contribution in [0, 0.1) is 13.8 Å². The van der Waals surface area contributed by atoms with Gasteiger partial charge < -0.3 is 0 Å². The van der Waals surface area contributed by atoms with Crippen LogP contribution in [-0.4, -0.2) is 19.7 Å². The summed E-state index contributed by atoms with van der Waals surface area (Å²) in [7, 11) is 0. The molecule has 0 unspecified atom stereocenters. The monoisotopic (exact) mass is 258 g/mol. The fourth-order valence-corrected chi connectivity index (χ4v) is 2.21. The van der Waals surface area contributed by atoms with Gasteiger partial charge in [-0.3, -0.25) is 0 Å². The highest BCUT2D eigenvalue weighted by atomic mass is 35.5. The molecule has 1 aromatic carbocycles. The topological polar surface area (TPSA) is 43.6 Å². The molecule has 0 aliphatic heterocycles. The van der Waals surface area contributed by atoms with Crippen molar-refractivity contribution in [1.29, 1.82) is 0 Å². The van der Waals surface area contributed by atoms with Crippen molar-refractivity contribution in [3.05, 3.63) is 47.0 Å². The maximum Gasteiger partial charge on any atom is 0.168 e. The molecule has 0 fully saturated rings. The fourth-order valence-electron chi connectivity index (χ4n) is 1.95. The van der Waals surface area contributed by atoms with E-state index in [4.69, 9.17) is 11.6 Å². The Morgan fingerprint density at radius 3 is 2.67 bits per heavy atom. The number of benzene rings is 1. The molecule has 90 valence electrons. The third-order valence-corrected chi connectivity index (χ3v) is 3.13. The zero-order chi connectivity index (χ0) is 12.7. The average Bonchev–Trinajstić information content (AvgIpc) is 2.73. The van der Waals surface area contributed by atoms with E-state index in [0.717, 1.165) is 22.3 Å². The SMILES string of the molecule is Cc1nc(Cl)c2cnn(-c3ccccc3C)c2n1. The molecule has 0 amide bonds. The number of aromatic nitrogens is 4. The van der Waals surface area contributed by atoms with Crippen molar-refractivity contribution in [2.45, 2.75) is 13.8 Å². The van der Waals surface area contributed by atoms with Crippen LogP contribution < -0.4 is 0 Å². The molecule has 0 N–H and O–H groups in total. The van der Waals surface area contributed by atoms with Crippen LogP contribution in [0.15, 0.2) is 30.5 Å². The van der Waals surface area contributed by atoms with Crippen LogP contribution in [0.1, 0.15) is 11.4 Å². The second-order valence-corrected chi connectivity index (χ2v) is 4.50. The van der Waals surface area contributed by atoms with Gasteiger partial charge in [0, 0.05) is 0 Å². The summed E-state index contributed by atoms with van der Waals surface area (Å²) in [6, 6.07) is 8.02. The van der Waals surface area contributed by atoms with Gasteiger partial charge in [0.2, 0.25) is 0 Å². The summed E-state index contributed by atoms with van der Waals surface area (Å²) < 4.78 is 1.80. The molecule has 2 aromatic heterocycles. The van der Waals surface area contributed by atoms with Crippen molar-refractivity contribution >= 4 is 22.6 Å². The Morgan fingerprint density at radius 1 is 1.11 bits per heavy atom. The van der Waals surface area contributed by atoms with Crippen molar-refractivity contribution in [2.75, 3.05) is 0 Å². The summed E-state index contributed by atoms with van der Waals surface area (Å²) in [5, 5.41) is 5.57. The largest absolute Gasteiger partial charge is 0.221 e. The molecular weight excluding hydrogens is 248 g/mol. The molecule has 0 radical (unpaired) electrons. The minimum absolute atomic E-state index is 0.442. The summed E-state index contributed by atoms with van der Waals surface area (Å²) in [5.74, 6) is 0.642. The van der Waals surface area contributed by atoms with Crippen LogP contribution >= 0.6 is 11.6 Å². The van der Waals surface area contributed by atoms with Crippen LogP contribution in [0.2, 0.25) is 5.15 Å². The Labute approximate surface area is 109 Å². The third-order valence-electron chi connectivity index (χ3n) is 2.84. The van der Waals surface area contributed by atoms with E-state index >= 15 is 0 Å². The molecule has 0 aliphatic carbocycles. The summed E-state index contributed by atoms with van der Waals surface area (Å²) in [6.45, 7) is 3.86. The Hall–Kier alpha value is -1.94. The molecule has 18 heavy (non-hydrogen) atoms. The van der Waals surface area contributed by atoms with Crippen LogP contribution in [0.25, 0.3) is 16.7 Å². The summed E-state index contributed by atoms with van der Waals surface area (Å²) in [4.78, 5) is 8.55. The van der Waals surface area contributed by atoms with Gasteiger partial charge >= 0.3 is 0 Å². The summed E-state index contributed by atoms with van der Waals surface area (Å²) >= 11 is 6.10. The lowest BCUT2D eigenvalue weighted by atomic mass is 10.2. The van der Waals surface area contributed by atoms with Gasteiger partial charge in [-0.2, -0.15) is 5.10 Å². The third kappa shape index (κ3) is 1.66. The number of aryl methyl sites for hydroxylation is 2. The van der Waals surface area contributed by atoms with Crippen molar-refractivity contribution in [2.24, 2.45) is 0 Å². The van der Waals surface area contributed by atoms with Gasteiger partial charge in [-0.05, 0) is 25.5 Å². The maximum absolute atomic E-state index is 6.10. The maximum atomic E-state index is 6.10. The van der Waals surface area contributed by atoms with E-state index in [1.165, 1.54) is 0 Å². The van der Waals surface area contributed by atoms with Gasteiger partial charge in [-0.15, -0.1) is 0 Å². The van der Waals surface area contributed by atoms with Crippen LogP contribution in [0.3, 0.4) is 0 Å². The van der Waals surface area contributed by atoms with Crippen molar-refractivity contribution in [1.82, 2.24) is 19.7 Å². The summed E-state index contributed by atoms with van der Waals surface area (Å²) in [6.07, 6.45) is 1.70. The van der Waals surface area contributed by atoms with E-state index in [1.807, 2.05) is 38.1 Å². The van der Waals surface area contributed by atoms with Crippen LogP contribution in [-0.2, 0) is 0 Å². The number of halogens is 1. The quantitative estimate of drug-likeness (QED) is 0.630. The van der Waals surface area contributed by atoms with Crippen molar-refractivity contribution in [3.63, 3.8) is 0 Å². The van der Waals surface area contributed by atoms with Gasteiger partial charge in [0.15, 0.2) is 5.65 Å². The van der Waals surface area contributed by atoms with E-state index in [-0.39, 0.29) is 0 Å². The zero-order valence-corrected chi connectivity index (χ0v) is 10.8. The first-order valence-corrected chi connectivity index (χ1v) is 5.98. The van der Waals surface area contributed by atoms with Gasteiger partial charge in [0.25, 0.3) is 0 Å². The fraction of sp³-hybridized carbons (Fsp3) is 0.154. The average molecular weight is 259 g/mol. The molecule has 3 aromatic rings. The molecule has 5 heteroatoms. The first kappa shape index (κ1) is 11.2. The van der Waals surface area contributed by atoms with E-state index in [1.54, 1.807) is 10.9 Å². The smallest absolute Gasteiger partial charge is 0.168 e. The molecule has 0 saturated heterocycles. The highest BCUT2D eigenvalue weighted by molar-refractivity contribution is 6.33. The van der Waals surface area contributed by atoms with Crippen molar-refractivity contribution < 1.29 is 0 Å². The number of hydrogen-bond acceptors (Lipinski definition) is 3. The minimum atomic E-state index is 0.442. The van der Waals surface area contributed by atoms with Gasteiger partial charge in [0.1, 0.15) is 11.0 Å². The molecule has 3 rings (SSSR count). The molecule has 2 heterocycles. The first-order valence-electron chi connectivity index (χ1n) is 5.60. The van der Waals surface area contributed by atoms with Crippen molar-refractivity contribution in [3.8, 4) is 5.69 Å². The lowest BCUT2D eigenvalue weighted by Crippen LogP contribution is -2.01. The molecule has 0 aliphatic rings. The zero-order valence-electron chi connectivity index (χ0n) is 10.1. The van der Waals surface area contributed by atoms with E-state index in [2.05, 4.69) is 15.1 Å². The predicted molar refractivity (Wildman–Crippen MR) is 71.1 cm³/mol. The number of para-hydroxylation sites is 1. The van der Waals surface area contributed by atoms with E-state index < -0.39 is 0 Å². The normalized spacial score (nSPS) is 11.1. The van der Waals surface area contributed by atoms with Gasteiger partial charge in [-0.25, -0.2) is 14.6 Å². The second kappa shape index (κ2) is 4.07. The number of hydrogen-bond donors (Lipinski definition) is 0. The highest BCUT2D eigenvalue weighted by Gasteiger charge is 2.12. The Balaban J connectivity index is 2.34. The highest BCUT2D eigenvalue weighted by Crippen LogP contribution is 2.23. The molecule has 0 atom stereocenters. The minimum Gasteiger partial charge on any atom is -0.221 e. The Morgan fingerprint density at radius 2 is 1.89 bits per heavy atom. The van der Waals surface area contributed by atoms with Gasteiger partial charge in [0.05, 0.1) is 17.3 Å². The standard InChI is InChI=1S/C13H11ClN4/c1-8-5-3-4-6-11(8)18-13-10(7-15-18)12(14)16-9(2)17-13/h3-7H,1-2H3. The van der Waals surface area contributed by atoms with E-state index in [9.17, 15) is 0 Å². The van der Waals surface area contributed by atoms with Gasteiger partial charge in [-0.1, -0.05) is 29.8 Å². The number of rotatable bonds is 1. The molecular formula is C13H11ClN4. The summed E-state index contributed by atoms with van der Waals surface area (Å²) in [5.41, 5.74) is 2.87. The first-order chi connectivity index (χ1) is 8.66. The number of fused-ring (bicyclic) bond motifs is 1. The molecule has 4 nitrogen and oxygen atoms in total. The Kier molecular flexibility index (Phi) is 2.52. The lowest BCUT2D eigenvalue weighted by molar-refractivity contribution is 0.882. The predicted octanol–water partition coefficient (Wildman–Crippen LogP) is 3.09. The second-order valence-electron chi connectivity index (χ2n) is 4.14. The Bertz CT molecular complexity index is 733. The lowest BCUT2D eigenvalue weighted by Gasteiger charge is -2.06. The molecule has 0 spiro atoms. The van der Waals surface area contributed by atoms with Crippen LogP contribution in [0.4, 0.5) is 0 Å².